The van der Waals surface area contributed by atoms with Crippen LogP contribution in [0.5, 0.6) is 5.75 Å². The molecule has 0 bridgehead atoms. The molecule has 0 saturated heterocycles. The molecule has 0 radical (unpaired) electrons. The van der Waals surface area contributed by atoms with Gasteiger partial charge in [0, 0.05) is 16.0 Å². The number of nitrogens with one attached hydrogen (secondary N) is 1. The number of thioether (sulfide) groups is 1. The van der Waals surface area contributed by atoms with Crippen LogP contribution in [-0.4, -0.2) is 30.8 Å². The van der Waals surface area contributed by atoms with Crippen LogP contribution in [-0.2, 0) is 14.3 Å². The van der Waals surface area contributed by atoms with Gasteiger partial charge in [-0.2, -0.15) is 0 Å². The third-order valence-electron chi connectivity index (χ3n) is 3.60. The third-order valence-corrected chi connectivity index (χ3v) is 5.03. The lowest BCUT2D eigenvalue weighted by molar-refractivity contribution is -0.150. The van der Waals surface area contributed by atoms with E-state index in [2.05, 4.69) is 5.32 Å². The lowest BCUT2D eigenvalue weighted by Crippen LogP contribution is -2.30. The van der Waals surface area contributed by atoms with Crippen molar-refractivity contribution >= 4 is 40.9 Å². The number of benzene rings is 2. The maximum absolute atomic E-state index is 13.5. The molecule has 2 aromatic rings. The van der Waals surface area contributed by atoms with Crippen molar-refractivity contribution < 1.29 is 23.5 Å². The van der Waals surface area contributed by atoms with Crippen molar-refractivity contribution in [2.45, 2.75) is 24.8 Å². The molecule has 2 aromatic carbocycles. The average molecular weight is 412 g/mol. The number of esters is 1. The first-order chi connectivity index (χ1) is 12.8. The Bertz CT molecular complexity index is 846. The smallest absolute Gasteiger partial charge is 0.317 e. The fourth-order valence-corrected chi connectivity index (χ4v) is 3.02. The largest absolute Gasteiger partial charge is 0.495 e. The molecular weight excluding hydrogens is 393 g/mol. The number of hydrogen-bond acceptors (Lipinski definition) is 5. The molecule has 1 N–H and O–H groups in total. The Hall–Kier alpha value is -2.25. The molecule has 2 rings (SSSR count). The van der Waals surface area contributed by atoms with E-state index in [0.29, 0.717) is 21.4 Å². The van der Waals surface area contributed by atoms with Crippen molar-refractivity contribution in [1.82, 2.24) is 0 Å². The number of rotatable bonds is 7. The summed E-state index contributed by atoms with van der Waals surface area (Å²) in [4.78, 5) is 24.6. The summed E-state index contributed by atoms with van der Waals surface area (Å²) in [5.41, 5.74) is 1.19. The van der Waals surface area contributed by atoms with Crippen LogP contribution >= 0.6 is 23.4 Å². The van der Waals surface area contributed by atoms with Crippen LogP contribution in [0.25, 0.3) is 0 Å². The summed E-state index contributed by atoms with van der Waals surface area (Å²) in [5, 5.41) is 3.16. The minimum atomic E-state index is -1.03. The van der Waals surface area contributed by atoms with Gasteiger partial charge in [0.2, 0.25) is 0 Å². The molecule has 0 fully saturated rings. The summed E-state index contributed by atoms with van der Waals surface area (Å²) in [5.74, 6) is -1.26. The van der Waals surface area contributed by atoms with Crippen LogP contribution in [0.3, 0.4) is 0 Å². The van der Waals surface area contributed by atoms with Crippen molar-refractivity contribution in [3.63, 3.8) is 0 Å². The Morgan fingerprint density at radius 2 is 2.00 bits per heavy atom. The van der Waals surface area contributed by atoms with Crippen molar-refractivity contribution in [2.24, 2.45) is 0 Å². The number of carbonyl (C=O) groups excluding carboxylic acids is 2. The zero-order valence-electron chi connectivity index (χ0n) is 15.0. The number of hydrogen-bond donors (Lipinski definition) is 1. The fraction of sp³-hybridized carbons (Fsp3) is 0.263. The van der Waals surface area contributed by atoms with Gasteiger partial charge in [0.15, 0.2) is 6.10 Å². The molecule has 0 aliphatic carbocycles. The van der Waals surface area contributed by atoms with Gasteiger partial charge < -0.3 is 14.8 Å². The Morgan fingerprint density at radius 3 is 2.67 bits per heavy atom. The molecule has 8 heteroatoms. The van der Waals surface area contributed by atoms with Crippen molar-refractivity contribution in [3.8, 4) is 5.75 Å². The minimum Gasteiger partial charge on any atom is -0.495 e. The van der Waals surface area contributed by atoms with E-state index in [1.54, 1.807) is 37.3 Å². The van der Waals surface area contributed by atoms with E-state index < -0.39 is 23.8 Å². The quantitative estimate of drug-likeness (QED) is 0.538. The zero-order chi connectivity index (χ0) is 20.0. The van der Waals surface area contributed by atoms with Crippen LogP contribution in [0.4, 0.5) is 10.1 Å². The van der Waals surface area contributed by atoms with E-state index in [9.17, 15) is 14.0 Å². The molecular formula is C19H19ClFNO4S. The number of halogens is 2. The summed E-state index contributed by atoms with van der Waals surface area (Å²) in [6, 6.07) is 9.38. The number of methoxy groups -OCH3 is 1. The lowest BCUT2D eigenvalue weighted by Gasteiger charge is -2.16. The minimum absolute atomic E-state index is 0.109. The molecule has 0 aromatic heterocycles. The van der Waals surface area contributed by atoms with E-state index in [-0.39, 0.29) is 5.75 Å². The van der Waals surface area contributed by atoms with Crippen LogP contribution < -0.4 is 10.1 Å². The topological polar surface area (TPSA) is 64.6 Å². The molecule has 0 spiro atoms. The highest BCUT2D eigenvalue weighted by molar-refractivity contribution is 8.00. The Kier molecular flexibility index (Phi) is 7.50. The molecule has 144 valence electrons. The van der Waals surface area contributed by atoms with Crippen LogP contribution in [0.1, 0.15) is 12.5 Å². The van der Waals surface area contributed by atoms with Crippen molar-refractivity contribution in [3.05, 3.63) is 52.8 Å². The monoisotopic (exact) mass is 411 g/mol. The predicted octanol–water partition coefficient (Wildman–Crippen LogP) is 4.46. The van der Waals surface area contributed by atoms with Gasteiger partial charge in [0.05, 0.1) is 18.6 Å². The van der Waals surface area contributed by atoms with Crippen molar-refractivity contribution in [1.29, 1.82) is 0 Å². The van der Waals surface area contributed by atoms with E-state index in [4.69, 9.17) is 21.1 Å². The highest BCUT2D eigenvalue weighted by Crippen LogP contribution is 2.31. The first kappa shape index (κ1) is 21.1. The Balaban J connectivity index is 1.93. The first-order valence-electron chi connectivity index (χ1n) is 8.03. The molecule has 0 saturated carbocycles. The summed E-state index contributed by atoms with van der Waals surface area (Å²) >= 11 is 7.04. The Morgan fingerprint density at radius 1 is 1.30 bits per heavy atom. The van der Waals surface area contributed by atoms with Gasteiger partial charge in [0.1, 0.15) is 11.6 Å². The standard InChI is InChI=1S/C19H19ClFNO4S/c1-11-8-15(16(25-3)9-13(11)20)22-19(24)12(2)26-18(23)10-27-17-7-5-4-6-14(17)21/h4-9,12H,10H2,1-3H3,(H,22,24)/t12-/m1/s1. The van der Waals surface area contributed by atoms with E-state index in [1.165, 1.54) is 20.1 Å². The average Bonchev–Trinajstić information content (AvgIpc) is 2.63. The van der Waals surface area contributed by atoms with Gasteiger partial charge in [-0.15, -0.1) is 11.8 Å². The molecule has 27 heavy (non-hydrogen) atoms. The number of aryl methyl sites for hydroxylation is 1. The Labute approximate surface area is 166 Å². The van der Waals surface area contributed by atoms with E-state index in [1.807, 2.05) is 0 Å². The first-order valence-corrected chi connectivity index (χ1v) is 9.40. The highest BCUT2D eigenvalue weighted by Gasteiger charge is 2.20. The van der Waals surface area contributed by atoms with Gasteiger partial charge in [0.25, 0.3) is 5.91 Å². The number of ether oxygens (including phenoxy) is 2. The van der Waals surface area contributed by atoms with Gasteiger partial charge >= 0.3 is 5.97 Å². The summed E-state index contributed by atoms with van der Waals surface area (Å²) in [6.07, 6.45) is -1.03. The van der Waals surface area contributed by atoms with E-state index >= 15 is 0 Å². The molecule has 0 aliphatic heterocycles. The molecule has 5 nitrogen and oxygen atoms in total. The molecule has 0 aliphatic rings. The number of anilines is 1. The van der Waals surface area contributed by atoms with Gasteiger partial charge in [-0.25, -0.2) is 4.39 Å². The molecule has 1 amide bonds. The maximum Gasteiger partial charge on any atom is 0.317 e. The van der Waals surface area contributed by atoms with Crippen LogP contribution in [0.2, 0.25) is 5.02 Å². The second-order valence-electron chi connectivity index (χ2n) is 5.64. The van der Waals surface area contributed by atoms with E-state index in [0.717, 1.165) is 17.3 Å². The zero-order valence-corrected chi connectivity index (χ0v) is 16.6. The summed E-state index contributed by atoms with van der Waals surface area (Å²) in [7, 11) is 1.46. The van der Waals surface area contributed by atoms with Crippen LogP contribution in [0.15, 0.2) is 41.3 Å². The van der Waals surface area contributed by atoms with Crippen LogP contribution in [0, 0.1) is 12.7 Å². The molecule has 0 heterocycles. The predicted molar refractivity (Wildman–Crippen MR) is 104 cm³/mol. The second-order valence-corrected chi connectivity index (χ2v) is 7.07. The van der Waals surface area contributed by atoms with Gasteiger partial charge in [-0.05, 0) is 37.6 Å². The number of carbonyl (C=O) groups is 2. The lowest BCUT2D eigenvalue weighted by atomic mass is 10.2. The summed E-state index contributed by atoms with van der Waals surface area (Å²) < 4.78 is 23.9. The summed E-state index contributed by atoms with van der Waals surface area (Å²) in [6.45, 7) is 3.25. The van der Waals surface area contributed by atoms with Gasteiger partial charge in [-0.3, -0.25) is 9.59 Å². The maximum atomic E-state index is 13.5. The van der Waals surface area contributed by atoms with Gasteiger partial charge in [-0.1, -0.05) is 23.7 Å². The molecule has 1 atom stereocenters. The van der Waals surface area contributed by atoms with Crippen molar-refractivity contribution in [2.75, 3.05) is 18.2 Å². The molecule has 0 unspecified atom stereocenters. The number of amides is 1. The highest BCUT2D eigenvalue weighted by atomic mass is 35.5. The normalized spacial score (nSPS) is 11.6. The third kappa shape index (κ3) is 5.87. The second kappa shape index (κ2) is 9.62. The SMILES string of the molecule is COc1cc(Cl)c(C)cc1NC(=O)[C@@H](C)OC(=O)CSc1ccccc1F. The fourth-order valence-electron chi connectivity index (χ4n) is 2.15.